The molecule has 0 aliphatic carbocycles. The highest BCUT2D eigenvalue weighted by Crippen LogP contribution is 2.43. The Balaban J connectivity index is 4.00. The summed E-state index contributed by atoms with van der Waals surface area (Å²) in [4.78, 5) is 32.9. The van der Waals surface area contributed by atoms with Gasteiger partial charge in [0.15, 0.2) is 0 Å². The van der Waals surface area contributed by atoms with Crippen molar-refractivity contribution in [3.8, 4) is 0 Å². The molecule has 0 aliphatic heterocycles. The predicted octanol–water partition coefficient (Wildman–Crippen LogP) is 4.21. The normalized spacial score (nSPS) is 15.0. The summed E-state index contributed by atoms with van der Waals surface area (Å²) < 4.78 is 31.3. The average molecular weight is 525 g/mol. The molecule has 0 aliphatic rings. The molecule has 206 valence electrons. The summed E-state index contributed by atoms with van der Waals surface area (Å²) in [5.41, 5.74) is 0. The molecule has 0 amide bonds. The molecular weight excluding hydrogens is 479 g/mol. The zero-order chi connectivity index (χ0) is 26.4. The lowest BCUT2D eigenvalue weighted by Crippen LogP contribution is -2.28. The van der Waals surface area contributed by atoms with Gasteiger partial charge in [0.2, 0.25) is 0 Å². The van der Waals surface area contributed by atoms with E-state index in [0.29, 0.717) is 6.42 Å². The van der Waals surface area contributed by atoms with Crippen LogP contribution in [0, 0.1) is 0 Å². The minimum Gasteiger partial charge on any atom is -0.457 e. The number of phosphoric acid groups is 1. The zero-order valence-corrected chi connectivity index (χ0v) is 22.2. The first-order valence-corrected chi connectivity index (χ1v) is 14.1. The van der Waals surface area contributed by atoms with Gasteiger partial charge in [-0.3, -0.25) is 18.6 Å². The lowest BCUT2D eigenvalue weighted by atomic mass is 10.1. The van der Waals surface area contributed by atoms with E-state index in [1.54, 1.807) is 6.92 Å². The molecule has 0 saturated heterocycles. The Hall–Kier alpha value is -1.29. The van der Waals surface area contributed by atoms with Crippen LogP contribution in [0.2, 0.25) is 0 Å². The second-order valence-corrected chi connectivity index (χ2v) is 9.73. The molecule has 11 heteroatoms. The van der Waals surface area contributed by atoms with Crippen molar-refractivity contribution in [3.05, 3.63) is 12.2 Å². The maximum Gasteiger partial charge on any atom is 0.472 e. The van der Waals surface area contributed by atoms with Crippen LogP contribution in [0.25, 0.3) is 0 Å². The Morgan fingerprint density at radius 1 is 0.771 bits per heavy atom. The first-order chi connectivity index (χ1) is 16.8. The Labute approximate surface area is 209 Å². The zero-order valence-electron chi connectivity index (χ0n) is 21.3. The fourth-order valence-electron chi connectivity index (χ4n) is 2.96. The monoisotopic (exact) mass is 524 g/mol. The van der Waals surface area contributed by atoms with E-state index in [0.717, 1.165) is 38.5 Å². The fourth-order valence-corrected chi connectivity index (χ4v) is 3.75. The van der Waals surface area contributed by atoms with Crippen LogP contribution in [0.15, 0.2) is 12.2 Å². The number of carbonyl (C=O) groups excluding carboxylic acids is 2. The van der Waals surface area contributed by atoms with Gasteiger partial charge in [-0.1, -0.05) is 58.1 Å². The van der Waals surface area contributed by atoms with Crippen molar-refractivity contribution < 1.29 is 47.8 Å². The second-order valence-electron chi connectivity index (χ2n) is 8.28. The number of aliphatic hydroxyl groups is 2. The van der Waals surface area contributed by atoms with Gasteiger partial charge in [-0.15, -0.1) is 0 Å². The van der Waals surface area contributed by atoms with Crippen LogP contribution in [-0.2, 0) is 32.7 Å². The Morgan fingerprint density at radius 2 is 1.26 bits per heavy atom. The smallest absolute Gasteiger partial charge is 0.457 e. The Kier molecular flexibility index (Phi) is 21.1. The maximum absolute atomic E-state index is 12.0. The van der Waals surface area contributed by atoms with E-state index in [-0.39, 0.29) is 12.8 Å². The molecule has 0 aromatic rings. The number of ether oxygens (including phenoxy) is 2. The van der Waals surface area contributed by atoms with Crippen molar-refractivity contribution in [1.29, 1.82) is 0 Å². The summed E-state index contributed by atoms with van der Waals surface area (Å²) in [6.07, 6.45) is 13.3. The van der Waals surface area contributed by atoms with Gasteiger partial charge >= 0.3 is 19.8 Å². The van der Waals surface area contributed by atoms with Crippen molar-refractivity contribution in [1.82, 2.24) is 0 Å². The summed E-state index contributed by atoms with van der Waals surface area (Å²) in [6, 6.07) is 0. The Bertz CT molecular complexity index is 625. The number of aliphatic hydroxyl groups excluding tert-OH is 2. The topological polar surface area (TPSA) is 149 Å². The molecule has 35 heavy (non-hydrogen) atoms. The number of carbonyl (C=O) groups is 2. The van der Waals surface area contributed by atoms with Gasteiger partial charge in [0.1, 0.15) is 12.2 Å². The SMILES string of the molecule is CCCCC/C=C\CCCCCCCC(=O)OC(CO)COP(=O)(O)OCC(CO)OC(=O)CC. The Morgan fingerprint density at radius 3 is 1.77 bits per heavy atom. The number of hydrogen-bond donors (Lipinski definition) is 3. The molecule has 3 N–H and O–H groups in total. The van der Waals surface area contributed by atoms with Crippen LogP contribution in [0.3, 0.4) is 0 Å². The van der Waals surface area contributed by atoms with E-state index in [9.17, 15) is 24.2 Å². The highest BCUT2D eigenvalue weighted by Gasteiger charge is 2.27. The molecule has 0 saturated carbocycles. The molecule has 0 heterocycles. The van der Waals surface area contributed by atoms with Crippen molar-refractivity contribution in [2.75, 3.05) is 26.4 Å². The van der Waals surface area contributed by atoms with Gasteiger partial charge in [-0.05, 0) is 32.1 Å². The van der Waals surface area contributed by atoms with Crippen LogP contribution in [0.1, 0.15) is 90.9 Å². The molecule has 0 fully saturated rings. The van der Waals surface area contributed by atoms with Gasteiger partial charge in [-0.25, -0.2) is 4.57 Å². The highest BCUT2D eigenvalue weighted by molar-refractivity contribution is 7.47. The quantitative estimate of drug-likeness (QED) is 0.0768. The largest absolute Gasteiger partial charge is 0.472 e. The standard InChI is InChI=1S/C24H45O10P/c1-3-5-6-7-8-9-10-11-12-13-14-15-16-24(28)34-22(18-26)20-32-35(29,30)31-19-21(17-25)33-23(27)4-2/h8-9,21-22,25-26H,3-7,10-20H2,1-2H3,(H,29,30)/b9-8-. The van der Waals surface area contributed by atoms with Crippen molar-refractivity contribution in [2.45, 2.75) is 103 Å². The van der Waals surface area contributed by atoms with E-state index in [4.69, 9.17) is 23.6 Å². The van der Waals surface area contributed by atoms with E-state index in [1.165, 1.54) is 19.3 Å². The number of rotatable bonds is 23. The van der Waals surface area contributed by atoms with Crippen LogP contribution >= 0.6 is 7.82 Å². The van der Waals surface area contributed by atoms with E-state index >= 15 is 0 Å². The summed E-state index contributed by atoms with van der Waals surface area (Å²) >= 11 is 0. The second kappa shape index (κ2) is 21.9. The molecule has 0 radical (unpaired) electrons. The van der Waals surface area contributed by atoms with E-state index in [1.807, 2.05) is 0 Å². The predicted molar refractivity (Wildman–Crippen MR) is 132 cm³/mol. The number of esters is 2. The first-order valence-electron chi connectivity index (χ1n) is 12.6. The number of allylic oxidation sites excluding steroid dienone is 2. The molecular formula is C24H45O10P. The van der Waals surface area contributed by atoms with Gasteiger partial charge in [0.05, 0.1) is 26.4 Å². The summed E-state index contributed by atoms with van der Waals surface area (Å²) in [6.45, 7) is 1.45. The van der Waals surface area contributed by atoms with Gasteiger partial charge < -0.3 is 24.6 Å². The molecule has 0 bridgehead atoms. The molecule has 3 atom stereocenters. The lowest BCUT2D eigenvalue weighted by molar-refractivity contribution is -0.153. The molecule has 0 rings (SSSR count). The molecule has 0 aromatic carbocycles. The van der Waals surface area contributed by atoms with Gasteiger partial charge in [-0.2, -0.15) is 0 Å². The van der Waals surface area contributed by atoms with Crippen molar-refractivity contribution in [3.63, 3.8) is 0 Å². The third-order valence-electron chi connectivity index (χ3n) is 5.03. The minimum atomic E-state index is -4.58. The van der Waals surface area contributed by atoms with E-state index < -0.39 is 58.4 Å². The molecule has 0 spiro atoms. The van der Waals surface area contributed by atoms with Crippen molar-refractivity contribution in [2.24, 2.45) is 0 Å². The summed E-state index contributed by atoms with van der Waals surface area (Å²) in [5, 5.41) is 18.5. The number of phosphoric ester groups is 1. The summed E-state index contributed by atoms with van der Waals surface area (Å²) in [5.74, 6) is -1.12. The first kappa shape index (κ1) is 33.7. The van der Waals surface area contributed by atoms with Crippen LogP contribution in [0.4, 0.5) is 0 Å². The minimum absolute atomic E-state index is 0.0736. The maximum atomic E-state index is 12.0. The van der Waals surface area contributed by atoms with E-state index in [2.05, 4.69) is 19.1 Å². The van der Waals surface area contributed by atoms with Crippen LogP contribution < -0.4 is 0 Å². The average Bonchev–Trinajstić information content (AvgIpc) is 2.84. The third kappa shape index (κ3) is 20.6. The third-order valence-corrected chi connectivity index (χ3v) is 5.98. The molecule has 10 nitrogen and oxygen atoms in total. The van der Waals surface area contributed by atoms with Crippen LogP contribution in [0.5, 0.6) is 0 Å². The van der Waals surface area contributed by atoms with Gasteiger partial charge in [0.25, 0.3) is 0 Å². The lowest BCUT2D eigenvalue weighted by Gasteiger charge is -2.20. The van der Waals surface area contributed by atoms with Crippen molar-refractivity contribution >= 4 is 19.8 Å². The van der Waals surface area contributed by atoms with Crippen LogP contribution in [-0.4, -0.2) is 65.7 Å². The fraction of sp³-hybridized carbons (Fsp3) is 0.833. The summed E-state index contributed by atoms with van der Waals surface area (Å²) in [7, 11) is -4.58. The number of unbranched alkanes of at least 4 members (excludes halogenated alkanes) is 8. The number of hydrogen-bond acceptors (Lipinski definition) is 9. The molecule has 0 aromatic heterocycles. The molecule has 3 unspecified atom stereocenters. The van der Waals surface area contributed by atoms with Gasteiger partial charge in [0, 0.05) is 12.8 Å². The highest BCUT2D eigenvalue weighted by atomic mass is 31.2.